The summed E-state index contributed by atoms with van der Waals surface area (Å²) in [4.78, 5) is 0. The van der Waals surface area contributed by atoms with Gasteiger partial charge in [0.25, 0.3) is 0 Å². The van der Waals surface area contributed by atoms with E-state index < -0.39 is 6.10 Å². The van der Waals surface area contributed by atoms with Crippen molar-refractivity contribution in [2.24, 2.45) is 5.41 Å². The van der Waals surface area contributed by atoms with Gasteiger partial charge in [0.2, 0.25) is 0 Å². The highest BCUT2D eigenvalue weighted by molar-refractivity contribution is 5.29. The van der Waals surface area contributed by atoms with Crippen LogP contribution < -0.4 is 10.1 Å². The molecule has 1 aliphatic rings. The number of ether oxygens (including phenoxy) is 1. The quantitative estimate of drug-likeness (QED) is 0.838. The molecule has 1 aliphatic carbocycles. The summed E-state index contributed by atoms with van der Waals surface area (Å²) in [6.07, 6.45) is 6.19. The van der Waals surface area contributed by atoms with E-state index in [-0.39, 0.29) is 0 Å². The molecule has 1 saturated carbocycles. The minimum absolute atomic E-state index is 0.409. The highest BCUT2D eigenvalue weighted by atomic mass is 16.5. The summed E-state index contributed by atoms with van der Waals surface area (Å²) in [5.41, 5.74) is 1.32. The second-order valence-corrected chi connectivity index (χ2v) is 6.29. The Morgan fingerprint density at radius 3 is 2.75 bits per heavy atom. The average Bonchev–Trinajstić information content (AvgIpc) is 2.48. The summed E-state index contributed by atoms with van der Waals surface area (Å²) in [7, 11) is 1.65. The smallest absolute Gasteiger partial charge is 0.119 e. The average molecular weight is 277 g/mol. The van der Waals surface area contributed by atoms with E-state index in [1.807, 2.05) is 24.3 Å². The third-order valence-electron chi connectivity index (χ3n) is 4.43. The van der Waals surface area contributed by atoms with Crippen molar-refractivity contribution in [1.82, 2.24) is 5.32 Å². The summed E-state index contributed by atoms with van der Waals surface area (Å²) < 4.78 is 5.19. The fraction of sp³-hybridized carbons (Fsp3) is 0.647. The van der Waals surface area contributed by atoms with E-state index in [0.29, 0.717) is 12.0 Å². The van der Waals surface area contributed by atoms with Crippen LogP contribution in [-0.4, -0.2) is 25.3 Å². The lowest BCUT2D eigenvalue weighted by atomic mass is 9.76. The van der Waals surface area contributed by atoms with Crippen LogP contribution in [0.5, 0.6) is 5.75 Å². The molecule has 0 saturated heterocycles. The van der Waals surface area contributed by atoms with Crippen LogP contribution in [0.4, 0.5) is 0 Å². The number of methoxy groups -OCH3 is 1. The Balaban J connectivity index is 1.80. The molecule has 0 amide bonds. The second-order valence-electron chi connectivity index (χ2n) is 6.29. The lowest BCUT2D eigenvalue weighted by molar-refractivity contribution is 0.155. The molecule has 0 heterocycles. The van der Waals surface area contributed by atoms with E-state index in [4.69, 9.17) is 4.74 Å². The van der Waals surface area contributed by atoms with Crippen molar-refractivity contribution >= 4 is 0 Å². The summed E-state index contributed by atoms with van der Waals surface area (Å²) >= 11 is 0. The van der Waals surface area contributed by atoms with E-state index in [0.717, 1.165) is 17.9 Å². The van der Waals surface area contributed by atoms with Crippen molar-refractivity contribution in [1.29, 1.82) is 0 Å². The molecular weight excluding hydrogens is 250 g/mol. The molecule has 0 bridgehead atoms. The van der Waals surface area contributed by atoms with Crippen molar-refractivity contribution in [3.8, 4) is 5.75 Å². The van der Waals surface area contributed by atoms with Crippen LogP contribution in [-0.2, 0) is 0 Å². The molecule has 2 N–H and O–H groups in total. The van der Waals surface area contributed by atoms with Crippen molar-refractivity contribution in [2.45, 2.75) is 45.1 Å². The van der Waals surface area contributed by atoms with Gasteiger partial charge >= 0.3 is 0 Å². The lowest BCUT2D eigenvalue weighted by Gasteiger charge is -2.34. The Morgan fingerprint density at radius 2 is 2.05 bits per heavy atom. The standard InChI is InChI=1S/C17H27NO2/c1-17(9-4-3-5-10-17)13-18-12-16(19)14-7-6-8-15(11-14)20-2/h6-8,11,16,18-19H,3-5,9-10,12-13H2,1-2H3. The maximum absolute atomic E-state index is 10.2. The lowest BCUT2D eigenvalue weighted by Crippen LogP contribution is -2.35. The van der Waals surface area contributed by atoms with Crippen molar-refractivity contribution < 1.29 is 9.84 Å². The van der Waals surface area contributed by atoms with Crippen LogP contribution >= 0.6 is 0 Å². The van der Waals surface area contributed by atoms with Gasteiger partial charge in [0.1, 0.15) is 5.75 Å². The molecule has 1 aromatic rings. The molecule has 3 heteroatoms. The van der Waals surface area contributed by atoms with E-state index in [2.05, 4.69) is 12.2 Å². The molecule has 1 atom stereocenters. The van der Waals surface area contributed by atoms with Gasteiger partial charge in [-0.05, 0) is 36.0 Å². The number of benzene rings is 1. The fourth-order valence-corrected chi connectivity index (χ4v) is 3.06. The van der Waals surface area contributed by atoms with Crippen molar-refractivity contribution in [3.63, 3.8) is 0 Å². The Hall–Kier alpha value is -1.06. The van der Waals surface area contributed by atoms with E-state index in [9.17, 15) is 5.11 Å². The highest BCUT2D eigenvalue weighted by Crippen LogP contribution is 2.35. The Kier molecular flexibility index (Phi) is 5.44. The van der Waals surface area contributed by atoms with Gasteiger partial charge in [0.05, 0.1) is 13.2 Å². The van der Waals surface area contributed by atoms with Crippen LogP contribution in [0.2, 0.25) is 0 Å². The molecule has 0 aliphatic heterocycles. The number of aliphatic hydroxyl groups is 1. The molecule has 1 unspecified atom stereocenters. The monoisotopic (exact) mass is 277 g/mol. The largest absolute Gasteiger partial charge is 0.497 e. The van der Waals surface area contributed by atoms with Crippen LogP contribution in [0.15, 0.2) is 24.3 Å². The van der Waals surface area contributed by atoms with Crippen molar-refractivity contribution in [2.75, 3.05) is 20.2 Å². The molecule has 0 spiro atoms. The zero-order chi connectivity index (χ0) is 14.4. The summed E-state index contributed by atoms with van der Waals surface area (Å²) in [5.74, 6) is 0.792. The zero-order valence-corrected chi connectivity index (χ0v) is 12.7. The predicted octanol–water partition coefficient (Wildman–Crippen LogP) is 3.29. The predicted molar refractivity (Wildman–Crippen MR) is 82.0 cm³/mol. The molecule has 1 aromatic carbocycles. The number of rotatable bonds is 6. The fourth-order valence-electron chi connectivity index (χ4n) is 3.06. The SMILES string of the molecule is COc1cccc(C(O)CNCC2(C)CCCCC2)c1. The van der Waals surface area contributed by atoms with Gasteiger partial charge in [-0.25, -0.2) is 0 Å². The maximum Gasteiger partial charge on any atom is 0.119 e. The third kappa shape index (κ3) is 4.22. The minimum atomic E-state index is -0.475. The number of nitrogens with one attached hydrogen (secondary N) is 1. The molecule has 20 heavy (non-hydrogen) atoms. The number of hydrogen-bond donors (Lipinski definition) is 2. The molecule has 0 aromatic heterocycles. The maximum atomic E-state index is 10.2. The summed E-state index contributed by atoms with van der Waals surface area (Å²) in [5, 5.41) is 13.7. The first kappa shape index (κ1) is 15.3. The molecule has 1 fully saturated rings. The highest BCUT2D eigenvalue weighted by Gasteiger charge is 2.26. The van der Waals surface area contributed by atoms with E-state index in [1.54, 1.807) is 7.11 Å². The third-order valence-corrected chi connectivity index (χ3v) is 4.43. The van der Waals surface area contributed by atoms with Crippen LogP contribution in [0.25, 0.3) is 0 Å². The van der Waals surface area contributed by atoms with Gasteiger partial charge < -0.3 is 15.2 Å². The Bertz CT molecular complexity index is 413. The first-order valence-corrected chi connectivity index (χ1v) is 7.66. The van der Waals surface area contributed by atoms with E-state index in [1.165, 1.54) is 32.1 Å². The number of hydrogen-bond acceptors (Lipinski definition) is 3. The van der Waals surface area contributed by atoms with Crippen molar-refractivity contribution in [3.05, 3.63) is 29.8 Å². The van der Waals surface area contributed by atoms with Crippen LogP contribution in [0, 0.1) is 5.41 Å². The van der Waals surface area contributed by atoms with Gasteiger partial charge in [-0.2, -0.15) is 0 Å². The first-order valence-electron chi connectivity index (χ1n) is 7.66. The first-order chi connectivity index (χ1) is 9.63. The molecular formula is C17H27NO2. The summed E-state index contributed by atoms with van der Waals surface area (Å²) in [6.45, 7) is 3.95. The van der Waals surface area contributed by atoms with Gasteiger partial charge in [0, 0.05) is 13.1 Å². The minimum Gasteiger partial charge on any atom is -0.497 e. The molecule has 2 rings (SSSR count). The zero-order valence-electron chi connectivity index (χ0n) is 12.7. The Morgan fingerprint density at radius 1 is 1.30 bits per heavy atom. The molecule has 0 radical (unpaired) electrons. The number of aliphatic hydroxyl groups excluding tert-OH is 1. The van der Waals surface area contributed by atoms with E-state index >= 15 is 0 Å². The summed E-state index contributed by atoms with van der Waals surface area (Å²) in [6, 6.07) is 7.65. The second kappa shape index (κ2) is 7.09. The molecule has 3 nitrogen and oxygen atoms in total. The van der Waals surface area contributed by atoms with Crippen LogP contribution in [0.3, 0.4) is 0 Å². The van der Waals surface area contributed by atoms with Crippen LogP contribution in [0.1, 0.15) is 50.7 Å². The van der Waals surface area contributed by atoms with Gasteiger partial charge in [-0.1, -0.05) is 38.3 Å². The topological polar surface area (TPSA) is 41.5 Å². The van der Waals surface area contributed by atoms with Gasteiger partial charge in [-0.15, -0.1) is 0 Å². The Labute approximate surface area is 122 Å². The van der Waals surface area contributed by atoms with Gasteiger partial charge in [-0.3, -0.25) is 0 Å². The van der Waals surface area contributed by atoms with Gasteiger partial charge in [0.15, 0.2) is 0 Å². The molecule has 112 valence electrons. The normalized spacial score (nSPS) is 19.6.